The lowest BCUT2D eigenvalue weighted by Crippen LogP contribution is -2.52. The first kappa shape index (κ1) is 14.2. The first-order chi connectivity index (χ1) is 9.58. The number of nitrogens with two attached hydrogens (primary N) is 1. The van der Waals surface area contributed by atoms with Gasteiger partial charge in [-0.3, -0.25) is 10.3 Å². The quantitative estimate of drug-likeness (QED) is 0.757. The smallest absolute Gasteiger partial charge is 0.199 e. The fraction of sp³-hybridized carbons (Fsp3) is 0.429. The molecular formula is C14H21N5O. The van der Waals surface area contributed by atoms with Crippen molar-refractivity contribution in [2.75, 3.05) is 13.7 Å². The van der Waals surface area contributed by atoms with Gasteiger partial charge in [0.2, 0.25) is 0 Å². The SMILES string of the molecule is COc1ccc(CCN=C2NC(N)=NC(C)N2)cc1C. The van der Waals surface area contributed by atoms with E-state index in [4.69, 9.17) is 10.5 Å². The van der Waals surface area contributed by atoms with Crippen LogP contribution in [0.2, 0.25) is 0 Å². The van der Waals surface area contributed by atoms with Crippen molar-refractivity contribution in [3.63, 3.8) is 0 Å². The van der Waals surface area contributed by atoms with Crippen LogP contribution in [0.15, 0.2) is 28.2 Å². The van der Waals surface area contributed by atoms with Crippen LogP contribution < -0.4 is 21.1 Å². The summed E-state index contributed by atoms with van der Waals surface area (Å²) < 4.78 is 5.25. The molecule has 4 N–H and O–H groups in total. The third-order valence-electron chi connectivity index (χ3n) is 3.05. The summed E-state index contributed by atoms with van der Waals surface area (Å²) in [6, 6.07) is 6.17. The minimum Gasteiger partial charge on any atom is -0.496 e. The lowest BCUT2D eigenvalue weighted by atomic mass is 10.1. The number of guanidine groups is 2. The largest absolute Gasteiger partial charge is 0.496 e. The van der Waals surface area contributed by atoms with E-state index in [0.29, 0.717) is 18.5 Å². The van der Waals surface area contributed by atoms with Crippen molar-refractivity contribution in [1.82, 2.24) is 10.6 Å². The van der Waals surface area contributed by atoms with E-state index in [9.17, 15) is 0 Å². The van der Waals surface area contributed by atoms with Crippen LogP contribution in [0.4, 0.5) is 0 Å². The third kappa shape index (κ3) is 3.63. The average Bonchev–Trinajstić information content (AvgIpc) is 2.38. The van der Waals surface area contributed by atoms with E-state index in [0.717, 1.165) is 17.7 Å². The normalized spacial score (nSPS) is 20.1. The monoisotopic (exact) mass is 275 g/mol. The Labute approximate surface area is 119 Å². The van der Waals surface area contributed by atoms with Crippen LogP contribution in [0.5, 0.6) is 5.75 Å². The van der Waals surface area contributed by atoms with E-state index >= 15 is 0 Å². The summed E-state index contributed by atoms with van der Waals surface area (Å²) in [4.78, 5) is 8.56. The Morgan fingerprint density at radius 3 is 2.90 bits per heavy atom. The summed E-state index contributed by atoms with van der Waals surface area (Å²) in [5, 5.41) is 6.02. The summed E-state index contributed by atoms with van der Waals surface area (Å²) >= 11 is 0. The zero-order valence-corrected chi connectivity index (χ0v) is 12.1. The molecule has 0 radical (unpaired) electrons. The molecule has 1 unspecified atom stereocenters. The summed E-state index contributed by atoms with van der Waals surface area (Å²) in [6.45, 7) is 4.65. The molecule has 0 fully saturated rings. The number of hydrogen-bond donors (Lipinski definition) is 3. The predicted octanol–water partition coefficient (Wildman–Crippen LogP) is 0.756. The number of aryl methyl sites for hydroxylation is 1. The van der Waals surface area contributed by atoms with Gasteiger partial charge >= 0.3 is 0 Å². The van der Waals surface area contributed by atoms with Gasteiger partial charge in [0.1, 0.15) is 11.9 Å². The Morgan fingerprint density at radius 1 is 1.45 bits per heavy atom. The molecule has 2 rings (SSSR count). The Kier molecular flexibility index (Phi) is 4.45. The molecule has 1 atom stereocenters. The fourth-order valence-electron chi connectivity index (χ4n) is 2.11. The average molecular weight is 275 g/mol. The van der Waals surface area contributed by atoms with Gasteiger partial charge < -0.3 is 15.8 Å². The van der Waals surface area contributed by atoms with E-state index in [1.165, 1.54) is 5.56 Å². The summed E-state index contributed by atoms with van der Waals surface area (Å²) in [7, 11) is 1.68. The van der Waals surface area contributed by atoms with E-state index in [1.807, 2.05) is 19.9 Å². The lowest BCUT2D eigenvalue weighted by molar-refractivity contribution is 0.411. The van der Waals surface area contributed by atoms with E-state index in [-0.39, 0.29) is 6.17 Å². The number of hydrogen-bond acceptors (Lipinski definition) is 4. The van der Waals surface area contributed by atoms with Crippen molar-refractivity contribution >= 4 is 11.9 Å². The van der Waals surface area contributed by atoms with Gasteiger partial charge in [-0.1, -0.05) is 12.1 Å². The number of ether oxygens (including phenoxy) is 1. The Bertz CT molecular complexity index is 538. The second kappa shape index (κ2) is 6.27. The highest BCUT2D eigenvalue weighted by molar-refractivity contribution is 5.99. The highest BCUT2D eigenvalue weighted by Crippen LogP contribution is 2.18. The highest BCUT2D eigenvalue weighted by atomic mass is 16.5. The highest BCUT2D eigenvalue weighted by Gasteiger charge is 2.11. The van der Waals surface area contributed by atoms with Crippen LogP contribution in [-0.2, 0) is 6.42 Å². The van der Waals surface area contributed by atoms with Gasteiger partial charge in [-0.25, -0.2) is 4.99 Å². The zero-order chi connectivity index (χ0) is 14.5. The number of rotatable bonds is 4. The second-order valence-corrected chi connectivity index (χ2v) is 4.74. The maximum atomic E-state index is 5.65. The molecular weight excluding hydrogens is 254 g/mol. The number of benzene rings is 1. The molecule has 0 bridgehead atoms. The first-order valence-corrected chi connectivity index (χ1v) is 6.63. The van der Waals surface area contributed by atoms with Crippen LogP contribution in [0.25, 0.3) is 0 Å². The molecule has 1 heterocycles. The molecule has 0 amide bonds. The standard InChI is InChI=1S/C14H21N5O/c1-9-8-11(4-5-12(9)20-3)6-7-16-14-18-10(2)17-13(15)19-14/h4-5,8,10H,6-7H2,1-3H3,(H4,15,16,17,18,19). The van der Waals surface area contributed by atoms with Crippen molar-refractivity contribution in [1.29, 1.82) is 0 Å². The molecule has 1 aromatic rings. The molecule has 1 aromatic carbocycles. The van der Waals surface area contributed by atoms with Gasteiger partial charge in [-0.2, -0.15) is 0 Å². The van der Waals surface area contributed by atoms with Gasteiger partial charge in [0, 0.05) is 6.54 Å². The Hall–Kier alpha value is -2.24. The molecule has 0 saturated carbocycles. The van der Waals surface area contributed by atoms with Crippen LogP contribution in [0.3, 0.4) is 0 Å². The maximum Gasteiger partial charge on any atom is 0.199 e. The number of nitrogens with one attached hydrogen (secondary N) is 2. The molecule has 1 aliphatic heterocycles. The van der Waals surface area contributed by atoms with Gasteiger partial charge in [0.05, 0.1) is 7.11 Å². The molecule has 108 valence electrons. The van der Waals surface area contributed by atoms with Crippen LogP contribution in [-0.4, -0.2) is 31.7 Å². The van der Waals surface area contributed by atoms with Crippen molar-refractivity contribution in [3.05, 3.63) is 29.3 Å². The van der Waals surface area contributed by atoms with Gasteiger partial charge in [-0.05, 0) is 37.5 Å². The van der Waals surface area contributed by atoms with E-state index < -0.39 is 0 Å². The molecule has 6 nitrogen and oxygen atoms in total. The van der Waals surface area contributed by atoms with Gasteiger partial charge in [0.25, 0.3) is 0 Å². The number of nitrogens with zero attached hydrogens (tertiary/aromatic N) is 2. The Morgan fingerprint density at radius 2 is 2.25 bits per heavy atom. The van der Waals surface area contributed by atoms with Crippen molar-refractivity contribution in [2.45, 2.75) is 26.4 Å². The van der Waals surface area contributed by atoms with Crippen LogP contribution >= 0.6 is 0 Å². The second-order valence-electron chi connectivity index (χ2n) is 4.74. The first-order valence-electron chi connectivity index (χ1n) is 6.63. The van der Waals surface area contributed by atoms with Crippen molar-refractivity contribution in [3.8, 4) is 5.75 Å². The minimum absolute atomic E-state index is 0.0433. The molecule has 0 saturated heterocycles. The van der Waals surface area contributed by atoms with Crippen LogP contribution in [0, 0.1) is 6.92 Å². The molecule has 0 aliphatic carbocycles. The molecule has 6 heteroatoms. The molecule has 0 spiro atoms. The summed E-state index contributed by atoms with van der Waals surface area (Å²) in [5.41, 5.74) is 8.02. The molecule has 1 aliphatic rings. The maximum absolute atomic E-state index is 5.65. The van der Waals surface area contributed by atoms with Crippen molar-refractivity contribution < 1.29 is 4.74 Å². The van der Waals surface area contributed by atoms with Crippen LogP contribution in [0.1, 0.15) is 18.1 Å². The van der Waals surface area contributed by atoms with E-state index in [1.54, 1.807) is 7.11 Å². The predicted molar refractivity (Wildman–Crippen MR) is 81.1 cm³/mol. The topological polar surface area (TPSA) is 84.0 Å². The van der Waals surface area contributed by atoms with Gasteiger partial charge in [0.15, 0.2) is 11.9 Å². The number of aliphatic imine (C=N–C) groups is 2. The lowest BCUT2D eigenvalue weighted by Gasteiger charge is -2.20. The van der Waals surface area contributed by atoms with E-state index in [2.05, 4.69) is 32.8 Å². The third-order valence-corrected chi connectivity index (χ3v) is 3.05. The summed E-state index contributed by atoms with van der Waals surface area (Å²) in [6.07, 6.45) is 0.821. The van der Waals surface area contributed by atoms with Gasteiger partial charge in [-0.15, -0.1) is 0 Å². The number of methoxy groups -OCH3 is 1. The summed E-state index contributed by atoms with van der Waals surface area (Å²) in [5.74, 6) is 1.99. The van der Waals surface area contributed by atoms with Crippen molar-refractivity contribution in [2.24, 2.45) is 15.7 Å². The molecule has 20 heavy (non-hydrogen) atoms. The zero-order valence-electron chi connectivity index (χ0n) is 12.1. The molecule has 0 aromatic heterocycles. The fourth-order valence-corrected chi connectivity index (χ4v) is 2.11. The Balaban J connectivity index is 1.93. The minimum atomic E-state index is -0.0433.